The van der Waals surface area contributed by atoms with Crippen molar-refractivity contribution in [2.24, 2.45) is 12.8 Å². The lowest BCUT2D eigenvalue weighted by molar-refractivity contribution is 0.742. The van der Waals surface area contributed by atoms with Gasteiger partial charge in [-0.2, -0.15) is 5.10 Å². The SMILES string of the molecule is CCN(c1ccccc1)c1c(C(N)=S)c(C)nn1C. The quantitative estimate of drug-likeness (QED) is 0.870. The number of hydrogen-bond acceptors (Lipinski definition) is 3. The first-order valence-electron chi connectivity index (χ1n) is 6.22. The zero-order valence-electron chi connectivity index (χ0n) is 11.4. The van der Waals surface area contributed by atoms with Gasteiger partial charge in [-0.15, -0.1) is 0 Å². The molecule has 2 aromatic rings. The van der Waals surface area contributed by atoms with E-state index in [9.17, 15) is 0 Å². The van der Waals surface area contributed by atoms with Gasteiger partial charge in [-0.05, 0) is 26.0 Å². The molecule has 0 amide bonds. The maximum Gasteiger partial charge on any atom is 0.141 e. The van der Waals surface area contributed by atoms with E-state index in [1.54, 1.807) is 0 Å². The second kappa shape index (κ2) is 5.40. The summed E-state index contributed by atoms with van der Waals surface area (Å²) in [6.45, 7) is 4.84. The van der Waals surface area contributed by atoms with Gasteiger partial charge in [-0.3, -0.25) is 4.68 Å². The maximum absolute atomic E-state index is 5.85. The van der Waals surface area contributed by atoms with Gasteiger partial charge >= 0.3 is 0 Å². The lowest BCUT2D eigenvalue weighted by Crippen LogP contribution is -2.23. The van der Waals surface area contributed by atoms with Crippen LogP contribution in [0.5, 0.6) is 0 Å². The Morgan fingerprint density at radius 1 is 1.37 bits per heavy atom. The van der Waals surface area contributed by atoms with E-state index in [-0.39, 0.29) is 0 Å². The van der Waals surface area contributed by atoms with E-state index in [2.05, 4.69) is 29.1 Å². The third-order valence-corrected chi connectivity index (χ3v) is 3.28. The van der Waals surface area contributed by atoms with Crippen molar-refractivity contribution < 1.29 is 0 Å². The Kier molecular flexibility index (Phi) is 3.85. The topological polar surface area (TPSA) is 47.1 Å². The van der Waals surface area contributed by atoms with Crippen LogP contribution >= 0.6 is 12.2 Å². The van der Waals surface area contributed by atoms with Crippen LogP contribution in [0.15, 0.2) is 30.3 Å². The van der Waals surface area contributed by atoms with Crippen LogP contribution in [0.3, 0.4) is 0 Å². The van der Waals surface area contributed by atoms with E-state index in [1.165, 1.54) is 0 Å². The van der Waals surface area contributed by atoms with Crippen LogP contribution < -0.4 is 10.6 Å². The van der Waals surface area contributed by atoms with Gasteiger partial charge in [0.05, 0.1) is 11.3 Å². The first kappa shape index (κ1) is 13.5. The number of rotatable bonds is 4. The number of hydrogen-bond donors (Lipinski definition) is 1. The fraction of sp³-hybridized carbons (Fsp3) is 0.286. The minimum atomic E-state index is 0.384. The van der Waals surface area contributed by atoms with Crippen molar-refractivity contribution in [3.63, 3.8) is 0 Å². The minimum Gasteiger partial charge on any atom is -0.389 e. The van der Waals surface area contributed by atoms with Crippen LogP contribution in [0.4, 0.5) is 11.5 Å². The summed E-state index contributed by atoms with van der Waals surface area (Å²) in [7, 11) is 1.91. The number of aromatic nitrogens is 2. The first-order chi connectivity index (χ1) is 9.06. The van der Waals surface area contributed by atoms with Gasteiger partial charge in [0.25, 0.3) is 0 Å². The average Bonchev–Trinajstić information content (AvgIpc) is 2.67. The number of aryl methyl sites for hydroxylation is 2. The molecule has 0 aliphatic heterocycles. The molecule has 100 valence electrons. The lowest BCUT2D eigenvalue weighted by Gasteiger charge is -2.24. The first-order valence-corrected chi connectivity index (χ1v) is 6.63. The van der Waals surface area contributed by atoms with Gasteiger partial charge in [0.1, 0.15) is 10.8 Å². The average molecular weight is 274 g/mol. The van der Waals surface area contributed by atoms with Gasteiger partial charge in [-0.25, -0.2) is 0 Å². The second-order valence-corrected chi connectivity index (χ2v) is 4.79. The summed E-state index contributed by atoms with van der Waals surface area (Å²) in [5.74, 6) is 0.943. The number of thiocarbonyl (C=S) groups is 1. The Bertz CT molecular complexity index is 589. The van der Waals surface area contributed by atoms with E-state index >= 15 is 0 Å². The van der Waals surface area contributed by atoms with Crippen molar-refractivity contribution in [2.45, 2.75) is 13.8 Å². The predicted molar refractivity (Wildman–Crippen MR) is 83.0 cm³/mol. The van der Waals surface area contributed by atoms with Gasteiger partial charge in [0.15, 0.2) is 0 Å². The Balaban J connectivity index is 2.59. The van der Waals surface area contributed by atoms with E-state index in [1.807, 2.05) is 36.9 Å². The third kappa shape index (κ3) is 2.46. The van der Waals surface area contributed by atoms with E-state index < -0.39 is 0 Å². The Morgan fingerprint density at radius 3 is 2.53 bits per heavy atom. The highest BCUT2D eigenvalue weighted by atomic mass is 32.1. The molecule has 0 saturated carbocycles. The number of para-hydroxylation sites is 1. The van der Waals surface area contributed by atoms with Crippen LogP contribution in [0, 0.1) is 6.92 Å². The fourth-order valence-corrected chi connectivity index (χ4v) is 2.55. The molecule has 1 aromatic carbocycles. The molecule has 0 aliphatic carbocycles. The summed E-state index contributed by atoms with van der Waals surface area (Å²) >= 11 is 5.17. The van der Waals surface area contributed by atoms with Crippen molar-refractivity contribution in [3.8, 4) is 0 Å². The maximum atomic E-state index is 5.85. The molecule has 0 spiro atoms. The number of anilines is 2. The molecule has 0 radical (unpaired) electrons. The van der Waals surface area contributed by atoms with Crippen LogP contribution in [0.25, 0.3) is 0 Å². The molecule has 0 fully saturated rings. The normalized spacial score (nSPS) is 10.5. The minimum absolute atomic E-state index is 0.384. The van der Waals surface area contributed by atoms with Gasteiger partial charge in [0, 0.05) is 19.3 Å². The van der Waals surface area contributed by atoms with Crippen LogP contribution in [-0.2, 0) is 7.05 Å². The summed E-state index contributed by atoms with van der Waals surface area (Å²) in [5.41, 5.74) is 8.66. The van der Waals surface area contributed by atoms with Crippen molar-refractivity contribution in [2.75, 3.05) is 11.4 Å². The van der Waals surface area contributed by atoms with Gasteiger partial charge in [0.2, 0.25) is 0 Å². The zero-order valence-corrected chi connectivity index (χ0v) is 12.2. The summed E-state index contributed by atoms with van der Waals surface area (Å²) in [6.07, 6.45) is 0. The predicted octanol–water partition coefficient (Wildman–Crippen LogP) is 2.52. The Hall–Kier alpha value is -1.88. The number of benzene rings is 1. The van der Waals surface area contributed by atoms with Crippen molar-refractivity contribution in [1.29, 1.82) is 0 Å². The largest absolute Gasteiger partial charge is 0.389 e. The zero-order chi connectivity index (χ0) is 14.0. The molecule has 1 aromatic heterocycles. The monoisotopic (exact) mass is 274 g/mol. The highest BCUT2D eigenvalue weighted by Gasteiger charge is 2.21. The molecular weight excluding hydrogens is 256 g/mol. The molecule has 0 bridgehead atoms. The summed E-state index contributed by atoms with van der Waals surface area (Å²) < 4.78 is 1.83. The molecule has 0 aliphatic rings. The van der Waals surface area contributed by atoms with Gasteiger partial charge < -0.3 is 10.6 Å². The van der Waals surface area contributed by atoms with E-state index in [0.717, 1.165) is 29.3 Å². The number of nitrogens with two attached hydrogens (primary N) is 1. The molecule has 0 atom stereocenters. The molecule has 1 heterocycles. The fourth-order valence-electron chi connectivity index (χ4n) is 2.31. The Labute approximate surface area is 118 Å². The molecule has 5 heteroatoms. The van der Waals surface area contributed by atoms with Crippen LogP contribution in [-0.4, -0.2) is 21.3 Å². The molecule has 4 nitrogen and oxygen atoms in total. The molecule has 0 saturated heterocycles. The van der Waals surface area contributed by atoms with Crippen molar-refractivity contribution >= 4 is 28.7 Å². The molecule has 2 N–H and O–H groups in total. The highest BCUT2D eigenvalue weighted by Crippen LogP contribution is 2.29. The Morgan fingerprint density at radius 2 is 2.00 bits per heavy atom. The lowest BCUT2D eigenvalue weighted by atomic mass is 10.2. The second-order valence-electron chi connectivity index (χ2n) is 4.35. The molecule has 19 heavy (non-hydrogen) atoms. The van der Waals surface area contributed by atoms with Crippen LogP contribution in [0.2, 0.25) is 0 Å². The smallest absolute Gasteiger partial charge is 0.141 e. The standard InChI is InChI=1S/C14H18N4S/c1-4-18(11-8-6-5-7-9-11)14-12(13(15)19)10(2)16-17(14)3/h5-9H,4H2,1-3H3,(H2,15,19). The molecule has 0 unspecified atom stereocenters. The van der Waals surface area contributed by atoms with Crippen molar-refractivity contribution in [3.05, 3.63) is 41.6 Å². The summed E-state index contributed by atoms with van der Waals surface area (Å²) in [6, 6.07) is 10.2. The highest BCUT2D eigenvalue weighted by molar-refractivity contribution is 7.80. The van der Waals surface area contributed by atoms with Crippen molar-refractivity contribution in [1.82, 2.24) is 9.78 Å². The summed E-state index contributed by atoms with van der Waals surface area (Å²) in [5, 5.41) is 4.43. The molecule has 2 rings (SSSR count). The van der Waals surface area contributed by atoms with Gasteiger partial charge in [-0.1, -0.05) is 30.4 Å². The molecular formula is C14H18N4S. The van der Waals surface area contributed by atoms with E-state index in [0.29, 0.717) is 4.99 Å². The van der Waals surface area contributed by atoms with Crippen LogP contribution in [0.1, 0.15) is 18.2 Å². The third-order valence-electron chi connectivity index (χ3n) is 3.08. The van der Waals surface area contributed by atoms with E-state index in [4.69, 9.17) is 18.0 Å². The summed E-state index contributed by atoms with van der Waals surface area (Å²) in [4.78, 5) is 2.55. The number of nitrogens with zero attached hydrogens (tertiary/aromatic N) is 3.